The summed E-state index contributed by atoms with van der Waals surface area (Å²) in [7, 11) is -2.97. The van der Waals surface area contributed by atoms with Gasteiger partial charge in [0.2, 0.25) is 0 Å². The molecule has 3 nitrogen and oxygen atoms in total. The summed E-state index contributed by atoms with van der Waals surface area (Å²) in [5.41, 5.74) is 5.87. The van der Waals surface area contributed by atoms with E-state index in [1.165, 1.54) is 6.26 Å². The average molecular weight is 205 g/mol. The Morgan fingerprint density at radius 3 is 2.15 bits per heavy atom. The molecule has 0 aromatic heterocycles. The maximum Gasteiger partial charge on any atom is 0.152 e. The molecule has 0 heterocycles. The van der Waals surface area contributed by atoms with Crippen molar-refractivity contribution >= 4 is 9.84 Å². The van der Waals surface area contributed by atoms with E-state index in [4.69, 9.17) is 5.73 Å². The number of nitrogens with two attached hydrogens (primary N) is 1. The smallest absolute Gasteiger partial charge is 0.152 e. The summed E-state index contributed by atoms with van der Waals surface area (Å²) in [4.78, 5) is 0. The fraction of sp³-hybridized carbons (Fsp3) is 1.00. The molecule has 1 fully saturated rings. The van der Waals surface area contributed by atoms with E-state index in [0.29, 0.717) is 5.92 Å². The molecule has 0 spiro atoms. The Balaban J connectivity index is 2.85. The van der Waals surface area contributed by atoms with Crippen molar-refractivity contribution in [3.8, 4) is 0 Å². The topological polar surface area (TPSA) is 60.2 Å². The van der Waals surface area contributed by atoms with Gasteiger partial charge in [0.25, 0.3) is 0 Å². The molecule has 1 aliphatic carbocycles. The van der Waals surface area contributed by atoms with Crippen LogP contribution in [0.25, 0.3) is 0 Å². The van der Waals surface area contributed by atoms with Crippen molar-refractivity contribution in [3.05, 3.63) is 0 Å². The van der Waals surface area contributed by atoms with E-state index in [0.717, 1.165) is 12.8 Å². The second-order valence-electron chi connectivity index (χ2n) is 4.51. The van der Waals surface area contributed by atoms with Gasteiger partial charge in [-0.2, -0.15) is 0 Å². The van der Waals surface area contributed by atoms with Crippen LogP contribution in [0.4, 0.5) is 0 Å². The molecular weight excluding hydrogens is 186 g/mol. The van der Waals surface area contributed by atoms with Gasteiger partial charge in [0.15, 0.2) is 9.84 Å². The van der Waals surface area contributed by atoms with Gasteiger partial charge in [-0.1, -0.05) is 13.8 Å². The molecular formula is C9H19NO2S. The number of rotatable bonds is 1. The van der Waals surface area contributed by atoms with E-state index in [2.05, 4.69) is 6.92 Å². The normalized spacial score (nSPS) is 41.8. The van der Waals surface area contributed by atoms with Gasteiger partial charge in [0.1, 0.15) is 0 Å². The summed E-state index contributed by atoms with van der Waals surface area (Å²) in [6.45, 7) is 4.12. The zero-order valence-electron chi connectivity index (χ0n) is 8.53. The van der Waals surface area contributed by atoms with Crippen molar-refractivity contribution in [3.63, 3.8) is 0 Å². The molecule has 0 radical (unpaired) electrons. The minimum absolute atomic E-state index is 0.172. The predicted octanol–water partition coefficient (Wildman–Crippen LogP) is 0.793. The highest BCUT2D eigenvalue weighted by Gasteiger charge is 2.38. The first-order valence-electron chi connectivity index (χ1n) is 4.76. The monoisotopic (exact) mass is 205 g/mol. The maximum atomic E-state index is 11.4. The van der Waals surface area contributed by atoms with Gasteiger partial charge in [0.05, 0.1) is 5.25 Å². The summed E-state index contributed by atoms with van der Waals surface area (Å²) < 4.78 is 22.9. The minimum atomic E-state index is -2.97. The minimum Gasteiger partial charge on any atom is -0.327 e. The van der Waals surface area contributed by atoms with Crippen LogP contribution in [0.2, 0.25) is 0 Å². The van der Waals surface area contributed by atoms with E-state index >= 15 is 0 Å². The molecule has 78 valence electrons. The fourth-order valence-electron chi connectivity index (χ4n) is 2.63. The zero-order chi connectivity index (χ0) is 10.2. The third-order valence-electron chi connectivity index (χ3n) is 2.93. The molecule has 13 heavy (non-hydrogen) atoms. The Bertz CT molecular complexity index is 261. The van der Waals surface area contributed by atoms with Crippen LogP contribution in [0.3, 0.4) is 0 Å². The molecule has 0 saturated heterocycles. The Labute approximate surface area is 80.6 Å². The van der Waals surface area contributed by atoms with Gasteiger partial charge >= 0.3 is 0 Å². The molecule has 0 unspecified atom stereocenters. The maximum absolute atomic E-state index is 11.4. The van der Waals surface area contributed by atoms with Crippen LogP contribution in [0.1, 0.15) is 26.7 Å². The molecule has 1 saturated carbocycles. The van der Waals surface area contributed by atoms with Crippen LogP contribution in [0, 0.1) is 11.8 Å². The zero-order valence-corrected chi connectivity index (χ0v) is 9.34. The highest BCUT2D eigenvalue weighted by Crippen LogP contribution is 2.31. The molecule has 1 aliphatic rings. The van der Waals surface area contributed by atoms with Crippen molar-refractivity contribution in [2.75, 3.05) is 6.26 Å². The van der Waals surface area contributed by atoms with Crippen molar-refractivity contribution in [2.45, 2.75) is 38.0 Å². The van der Waals surface area contributed by atoms with Gasteiger partial charge in [-0.15, -0.1) is 0 Å². The summed E-state index contributed by atoms with van der Waals surface area (Å²) >= 11 is 0. The fourth-order valence-corrected chi connectivity index (χ4v) is 4.33. The lowest BCUT2D eigenvalue weighted by atomic mass is 9.80. The first-order valence-corrected chi connectivity index (χ1v) is 6.72. The van der Waals surface area contributed by atoms with Crippen LogP contribution in [-0.2, 0) is 9.84 Å². The molecule has 0 aromatic carbocycles. The molecule has 4 heteroatoms. The van der Waals surface area contributed by atoms with Crippen LogP contribution >= 0.6 is 0 Å². The van der Waals surface area contributed by atoms with Crippen molar-refractivity contribution in [1.82, 2.24) is 0 Å². The van der Waals surface area contributed by atoms with Crippen molar-refractivity contribution < 1.29 is 8.42 Å². The summed E-state index contributed by atoms with van der Waals surface area (Å²) in [5.74, 6) is 0.761. The third-order valence-corrected chi connectivity index (χ3v) is 4.73. The summed E-state index contributed by atoms with van der Waals surface area (Å²) in [5, 5.41) is -0.330. The van der Waals surface area contributed by atoms with Gasteiger partial charge in [0, 0.05) is 12.3 Å². The first kappa shape index (κ1) is 11.0. The summed E-state index contributed by atoms with van der Waals surface area (Å²) in [6.07, 6.45) is 3.11. The van der Waals surface area contributed by atoms with Crippen LogP contribution in [0.15, 0.2) is 0 Å². The molecule has 4 atom stereocenters. The number of hydrogen-bond acceptors (Lipinski definition) is 3. The van der Waals surface area contributed by atoms with Crippen LogP contribution in [-0.4, -0.2) is 26.0 Å². The van der Waals surface area contributed by atoms with Crippen LogP contribution in [0.5, 0.6) is 0 Å². The van der Waals surface area contributed by atoms with Crippen molar-refractivity contribution in [1.29, 1.82) is 0 Å². The first-order chi connectivity index (χ1) is 5.82. The molecule has 0 bridgehead atoms. The quantitative estimate of drug-likeness (QED) is 0.688. The van der Waals surface area contributed by atoms with E-state index in [9.17, 15) is 8.42 Å². The summed E-state index contributed by atoms with van der Waals surface area (Å²) in [6, 6.07) is -0.172. The lowest BCUT2D eigenvalue weighted by molar-refractivity contribution is 0.272. The van der Waals surface area contributed by atoms with E-state index in [-0.39, 0.29) is 17.2 Å². The molecule has 0 aliphatic heterocycles. The molecule has 0 aromatic rings. The standard InChI is InChI=1S/C9H19NO2S/c1-6-4-7(2)9(8(10)5-6)13(3,11)12/h6-9H,4-5,10H2,1-3H3/t6-,7+,8-,9+/m1/s1. The average Bonchev–Trinajstić information content (AvgIpc) is 1.78. The number of sulfone groups is 1. The Morgan fingerprint density at radius 1 is 1.23 bits per heavy atom. The molecule has 0 amide bonds. The Kier molecular flexibility index (Phi) is 3.02. The van der Waals surface area contributed by atoms with Crippen molar-refractivity contribution in [2.24, 2.45) is 17.6 Å². The Hall–Kier alpha value is -0.0900. The molecule has 2 N–H and O–H groups in total. The lowest BCUT2D eigenvalue weighted by Gasteiger charge is -2.36. The van der Waals surface area contributed by atoms with E-state index in [1.807, 2.05) is 6.92 Å². The Morgan fingerprint density at radius 2 is 1.77 bits per heavy atom. The van der Waals surface area contributed by atoms with E-state index < -0.39 is 9.84 Å². The van der Waals surface area contributed by atoms with Crippen LogP contribution < -0.4 is 5.73 Å². The van der Waals surface area contributed by atoms with Gasteiger partial charge in [-0.05, 0) is 24.7 Å². The second-order valence-corrected chi connectivity index (χ2v) is 6.72. The van der Waals surface area contributed by atoms with Gasteiger partial charge in [-0.25, -0.2) is 8.42 Å². The van der Waals surface area contributed by atoms with Gasteiger partial charge < -0.3 is 5.73 Å². The van der Waals surface area contributed by atoms with E-state index in [1.54, 1.807) is 0 Å². The number of hydrogen-bond donors (Lipinski definition) is 1. The van der Waals surface area contributed by atoms with Gasteiger partial charge in [-0.3, -0.25) is 0 Å². The highest BCUT2D eigenvalue weighted by atomic mass is 32.2. The molecule has 1 rings (SSSR count). The third kappa shape index (κ3) is 2.44. The lowest BCUT2D eigenvalue weighted by Crippen LogP contribution is -2.48. The predicted molar refractivity (Wildman–Crippen MR) is 54.2 cm³/mol. The largest absolute Gasteiger partial charge is 0.327 e. The second kappa shape index (κ2) is 3.58. The highest BCUT2D eigenvalue weighted by molar-refractivity contribution is 7.91. The SMILES string of the molecule is C[C@H]1C[C@@H](N)[C@@H](S(C)(=O)=O)[C@@H](C)C1.